The van der Waals surface area contributed by atoms with Crippen LogP contribution in [0.15, 0.2) is 18.2 Å². The molecule has 16 heavy (non-hydrogen) atoms. The van der Waals surface area contributed by atoms with Gasteiger partial charge in [-0.25, -0.2) is 13.4 Å². The Morgan fingerprint density at radius 2 is 2.19 bits per heavy atom. The molecule has 0 fully saturated rings. The summed E-state index contributed by atoms with van der Waals surface area (Å²) in [4.78, 5) is 3.83. The molecule has 1 heterocycles. The number of hydrogen-bond acceptors (Lipinski definition) is 3. The molecule has 1 aromatic heterocycles. The summed E-state index contributed by atoms with van der Waals surface area (Å²) in [6.07, 6.45) is 0. The van der Waals surface area contributed by atoms with Crippen LogP contribution in [-0.2, 0) is 10.0 Å². The lowest BCUT2D eigenvalue weighted by molar-refractivity contribution is 0.588. The molecule has 0 aliphatic heterocycles. The number of sulfonamides is 1. The predicted molar refractivity (Wildman–Crippen MR) is 66.5 cm³/mol. The second-order valence-corrected chi connectivity index (χ2v) is 5.95. The van der Waals surface area contributed by atoms with Crippen molar-refractivity contribution < 1.29 is 8.42 Å². The van der Waals surface area contributed by atoms with Crippen LogP contribution >= 0.6 is 23.2 Å². The third-order valence-electron chi connectivity index (χ3n) is 1.74. The van der Waals surface area contributed by atoms with E-state index >= 15 is 0 Å². The average Bonchev–Trinajstić information content (AvgIpc) is 2.15. The number of rotatable bonds is 5. The topological polar surface area (TPSA) is 59.1 Å². The maximum Gasteiger partial charge on any atom is 0.234 e. The molecule has 0 amide bonds. The SMILES string of the molecule is CC(CCl)CS(=O)(=O)Nc1cccc(Cl)n1. The Labute approximate surface area is 105 Å². The molecule has 0 saturated heterocycles. The highest BCUT2D eigenvalue weighted by atomic mass is 35.5. The number of pyridine rings is 1. The lowest BCUT2D eigenvalue weighted by Gasteiger charge is -2.10. The van der Waals surface area contributed by atoms with Crippen LogP contribution in [-0.4, -0.2) is 25.0 Å². The van der Waals surface area contributed by atoms with E-state index in [1.165, 1.54) is 6.07 Å². The summed E-state index contributed by atoms with van der Waals surface area (Å²) in [5, 5.41) is 0.241. The number of hydrogen-bond donors (Lipinski definition) is 1. The van der Waals surface area contributed by atoms with E-state index in [9.17, 15) is 8.42 Å². The van der Waals surface area contributed by atoms with E-state index in [0.29, 0.717) is 5.88 Å². The maximum atomic E-state index is 11.6. The maximum absolute atomic E-state index is 11.6. The number of nitrogens with one attached hydrogen (secondary N) is 1. The van der Waals surface area contributed by atoms with Crippen molar-refractivity contribution in [3.63, 3.8) is 0 Å². The van der Waals surface area contributed by atoms with Crippen LogP contribution in [0.4, 0.5) is 5.82 Å². The molecule has 0 spiro atoms. The first-order chi connectivity index (χ1) is 7.43. The molecular formula is C9H12Cl2N2O2S. The van der Waals surface area contributed by atoms with Crippen LogP contribution in [0.25, 0.3) is 0 Å². The molecule has 0 bridgehead atoms. The highest BCUT2D eigenvalue weighted by molar-refractivity contribution is 7.92. The first kappa shape index (κ1) is 13.5. The molecule has 1 N–H and O–H groups in total. The van der Waals surface area contributed by atoms with E-state index in [4.69, 9.17) is 23.2 Å². The Bertz CT molecular complexity index is 451. The number of anilines is 1. The van der Waals surface area contributed by atoms with Gasteiger partial charge in [-0.1, -0.05) is 24.6 Å². The largest absolute Gasteiger partial charge is 0.267 e. The fourth-order valence-corrected chi connectivity index (χ4v) is 2.87. The quantitative estimate of drug-likeness (QED) is 0.666. The van der Waals surface area contributed by atoms with Crippen molar-refractivity contribution in [2.24, 2.45) is 5.92 Å². The van der Waals surface area contributed by atoms with Crippen molar-refractivity contribution in [3.05, 3.63) is 23.4 Å². The fourth-order valence-electron chi connectivity index (χ4n) is 1.09. The van der Waals surface area contributed by atoms with Gasteiger partial charge in [0.2, 0.25) is 10.0 Å². The van der Waals surface area contributed by atoms with E-state index < -0.39 is 10.0 Å². The molecule has 4 nitrogen and oxygen atoms in total. The van der Waals surface area contributed by atoms with Crippen molar-refractivity contribution >= 4 is 39.0 Å². The molecule has 1 aromatic rings. The van der Waals surface area contributed by atoms with Gasteiger partial charge in [0.15, 0.2) is 0 Å². The first-order valence-corrected chi connectivity index (χ1v) is 7.18. The molecule has 1 atom stereocenters. The van der Waals surface area contributed by atoms with Crippen LogP contribution < -0.4 is 4.72 Å². The monoisotopic (exact) mass is 282 g/mol. The van der Waals surface area contributed by atoms with Crippen molar-refractivity contribution in [1.29, 1.82) is 0 Å². The van der Waals surface area contributed by atoms with Gasteiger partial charge in [0.25, 0.3) is 0 Å². The van der Waals surface area contributed by atoms with Crippen molar-refractivity contribution in [3.8, 4) is 0 Å². The highest BCUT2D eigenvalue weighted by Gasteiger charge is 2.15. The molecule has 7 heteroatoms. The van der Waals surface area contributed by atoms with Crippen LogP contribution in [0, 0.1) is 5.92 Å². The Kier molecular flexibility index (Phi) is 4.83. The Hall–Kier alpha value is -0.520. The molecule has 1 rings (SSSR count). The van der Waals surface area contributed by atoms with E-state index in [2.05, 4.69) is 9.71 Å². The number of alkyl halides is 1. The van der Waals surface area contributed by atoms with Crippen LogP contribution in [0.3, 0.4) is 0 Å². The molecule has 1 unspecified atom stereocenters. The minimum Gasteiger partial charge on any atom is -0.267 e. The summed E-state index contributed by atoms with van der Waals surface area (Å²) in [7, 11) is -3.42. The van der Waals surface area contributed by atoms with Gasteiger partial charge in [0, 0.05) is 5.88 Å². The molecule has 0 aliphatic rings. The molecule has 0 radical (unpaired) electrons. The van der Waals surface area contributed by atoms with E-state index in [1.54, 1.807) is 19.1 Å². The van der Waals surface area contributed by atoms with Crippen molar-refractivity contribution in [2.45, 2.75) is 6.92 Å². The van der Waals surface area contributed by atoms with Gasteiger partial charge < -0.3 is 0 Å². The lowest BCUT2D eigenvalue weighted by atomic mass is 10.3. The average molecular weight is 283 g/mol. The third-order valence-corrected chi connectivity index (χ3v) is 4.01. The minimum absolute atomic E-state index is 0.0370. The summed E-state index contributed by atoms with van der Waals surface area (Å²) < 4.78 is 25.6. The zero-order valence-electron chi connectivity index (χ0n) is 8.65. The van der Waals surface area contributed by atoms with Gasteiger partial charge in [-0.2, -0.15) is 0 Å². The van der Waals surface area contributed by atoms with E-state index in [0.717, 1.165) is 0 Å². The van der Waals surface area contributed by atoms with Crippen molar-refractivity contribution in [1.82, 2.24) is 4.98 Å². The molecule has 0 saturated carbocycles. The fraction of sp³-hybridized carbons (Fsp3) is 0.444. The van der Waals surface area contributed by atoms with Crippen LogP contribution in [0.2, 0.25) is 5.15 Å². The van der Waals surface area contributed by atoms with Gasteiger partial charge in [-0.15, -0.1) is 11.6 Å². The standard InChI is InChI=1S/C9H12Cl2N2O2S/c1-7(5-10)6-16(14,15)13-9-4-2-3-8(11)12-9/h2-4,7H,5-6H2,1H3,(H,12,13). The first-order valence-electron chi connectivity index (χ1n) is 4.62. The van der Waals surface area contributed by atoms with Gasteiger partial charge in [-0.3, -0.25) is 4.72 Å². The van der Waals surface area contributed by atoms with Crippen LogP contribution in [0.1, 0.15) is 6.92 Å². The summed E-state index contributed by atoms with van der Waals surface area (Å²) >= 11 is 11.2. The van der Waals surface area contributed by atoms with Gasteiger partial charge in [0.05, 0.1) is 5.75 Å². The Morgan fingerprint density at radius 3 is 2.75 bits per heavy atom. The number of nitrogens with zero attached hydrogens (tertiary/aromatic N) is 1. The smallest absolute Gasteiger partial charge is 0.234 e. The van der Waals surface area contributed by atoms with E-state index in [1.807, 2.05) is 0 Å². The third kappa shape index (κ3) is 4.55. The number of halogens is 2. The highest BCUT2D eigenvalue weighted by Crippen LogP contribution is 2.12. The van der Waals surface area contributed by atoms with E-state index in [-0.39, 0.29) is 22.6 Å². The minimum atomic E-state index is -3.42. The zero-order chi connectivity index (χ0) is 12.2. The Balaban J connectivity index is 2.73. The van der Waals surface area contributed by atoms with Gasteiger partial charge in [0.1, 0.15) is 11.0 Å². The van der Waals surface area contributed by atoms with Gasteiger partial charge >= 0.3 is 0 Å². The van der Waals surface area contributed by atoms with Crippen molar-refractivity contribution in [2.75, 3.05) is 16.4 Å². The second-order valence-electron chi connectivity index (χ2n) is 3.49. The summed E-state index contributed by atoms with van der Waals surface area (Å²) in [6, 6.07) is 4.73. The zero-order valence-corrected chi connectivity index (χ0v) is 11.0. The summed E-state index contributed by atoms with van der Waals surface area (Å²) in [5.74, 6) is 0.363. The number of aromatic nitrogens is 1. The Morgan fingerprint density at radius 1 is 1.50 bits per heavy atom. The van der Waals surface area contributed by atoms with Crippen LogP contribution in [0.5, 0.6) is 0 Å². The normalized spacial score (nSPS) is 13.4. The molecule has 0 aromatic carbocycles. The summed E-state index contributed by atoms with van der Waals surface area (Å²) in [5.41, 5.74) is 0. The lowest BCUT2D eigenvalue weighted by Crippen LogP contribution is -2.22. The molecular weight excluding hydrogens is 271 g/mol. The summed E-state index contributed by atoms with van der Waals surface area (Å²) in [6.45, 7) is 1.76. The van der Waals surface area contributed by atoms with Gasteiger partial charge in [-0.05, 0) is 18.1 Å². The molecule has 0 aliphatic carbocycles. The molecule has 90 valence electrons. The second kappa shape index (κ2) is 5.70. The predicted octanol–water partition coefficient (Wildman–Crippen LogP) is 2.35.